The molecule has 1 aromatic rings. The summed E-state index contributed by atoms with van der Waals surface area (Å²) < 4.78 is 0. The van der Waals surface area contributed by atoms with Crippen LogP contribution in [0.3, 0.4) is 0 Å². The van der Waals surface area contributed by atoms with Gasteiger partial charge in [-0.25, -0.2) is 4.79 Å². The zero-order chi connectivity index (χ0) is 14.2. The zero-order valence-electron chi connectivity index (χ0n) is 12.2. The molecule has 0 bridgehead atoms. The van der Waals surface area contributed by atoms with E-state index in [2.05, 4.69) is 37.8 Å². The van der Waals surface area contributed by atoms with E-state index in [-0.39, 0.29) is 5.54 Å². The quantitative estimate of drug-likeness (QED) is 0.903. The molecule has 0 aliphatic carbocycles. The summed E-state index contributed by atoms with van der Waals surface area (Å²) in [4.78, 5) is 13.7. The van der Waals surface area contributed by atoms with E-state index >= 15 is 0 Å². The van der Waals surface area contributed by atoms with Crippen molar-refractivity contribution >= 4 is 11.7 Å². The molecule has 0 saturated heterocycles. The molecular weight excluding hydrogens is 238 g/mol. The number of nitrogens with zero attached hydrogens (tertiary/aromatic N) is 1. The summed E-state index contributed by atoms with van der Waals surface area (Å²) in [6.07, 6.45) is 1.59. The highest BCUT2D eigenvalue weighted by molar-refractivity contribution is 5.80. The Balaban J connectivity index is 2.56. The molecule has 2 unspecified atom stereocenters. The summed E-state index contributed by atoms with van der Waals surface area (Å²) in [7, 11) is 0. The number of fused-ring (bicyclic) bond motifs is 1. The van der Waals surface area contributed by atoms with Crippen LogP contribution in [-0.2, 0) is 4.79 Å². The second-order valence-electron chi connectivity index (χ2n) is 6.11. The van der Waals surface area contributed by atoms with Gasteiger partial charge in [0.25, 0.3) is 0 Å². The van der Waals surface area contributed by atoms with Crippen molar-refractivity contribution in [3.05, 3.63) is 29.8 Å². The predicted molar refractivity (Wildman–Crippen MR) is 77.7 cm³/mol. The lowest BCUT2D eigenvalue weighted by atomic mass is 9.79. The number of carboxylic acid groups (broad SMARTS) is 1. The molecule has 1 aliphatic heterocycles. The zero-order valence-corrected chi connectivity index (χ0v) is 12.2. The molecule has 0 spiro atoms. The molecule has 1 aromatic carbocycles. The van der Waals surface area contributed by atoms with Crippen molar-refractivity contribution in [2.24, 2.45) is 0 Å². The number of hydrogen-bond acceptors (Lipinski definition) is 2. The van der Waals surface area contributed by atoms with E-state index in [0.717, 1.165) is 12.1 Å². The van der Waals surface area contributed by atoms with Crippen LogP contribution in [0.2, 0.25) is 0 Å². The first-order valence-corrected chi connectivity index (χ1v) is 6.99. The molecule has 1 N–H and O–H groups in total. The highest BCUT2D eigenvalue weighted by Crippen LogP contribution is 2.44. The third kappa shape index (κ3) is 2.34. The van der Waals surface area contributed by atoms with Crippen LogP contribution < -0.4 is 4.90 Å². The standard InChI is InChI=1S/C16H23NO2/c1-5-13(15(18)19)17-14-9-7-6-8-12(14)11(2)10-16(17,3)4/h6-9,11,13H,5,10H2,1-4H3,(H,18,19). The molecule has 19 heavy (non-hydrogen) atoms. The van der Waals surface area contributed by atoms with Crippen LogP contribution in [0.1, 0.15) is 52.0 Å². The van der Waals surface area contributed by atoms with Gasteiger partial charge >= 0.3 is 5.97 Å². The van der Waals surface area contributed by atoms with Crippen LogP contribution in [0.4, 0.5) is 5.69 Å². The number of carboxylic acids is 1. The average molecular weight is 261 g/mol. The van der Waals surface area contributed by atoms with Crippen molar-refractivity contribution in [1.29, 1.82) is 0 Å². The first kappa shape index (κ1) is 13.9. The second-order valence-corrected chi connectivity index (χ2v) is 6.11. The topological polar surface area (TPSA) is 40.5 Å². The van der Waals surface area contributed by atoms with Crippen LogP contribution in [-0.4, -0.2) is 22.7 Å². The van der Waals surface area contributed by atoms with Gasteiger partial charge in [0, 0.05) is 11.2 Å². The Hall–Kier alpha value is -1.51. The monoisotopic (exact) mass is 261 g/mol. The van der Waals surface area contributed by atoms with Crippen LogP contribution in [0, 0.1) is 0 Å². The number of rotatable bonds is 3. The molecule has 1 heterocycles. The number of aliphatic carboxylic acids is 1. The van der Waals surface area contributed by atoms with E-state index in [0.29, 0.717) is 12.3 Å². The molecule has 2 rings (SSSR count). The van der Waals surface area contributed by atoms with Gasteiger partial charge in [-0.15, -0.1) is 0 Å². The summed E-state index contributed by atoms with van der Waals surface area (Å²) in [5, 5.41) is 9.51. The van der Waals surface area contributed by atoms with Crippen molar-refractivity contribution in [3.63, 3.8) is 0 Å². The fraction of sp³-hybridized carbons (Fsp3) is 0.562. The maximum atomic E-state index is 11.6. The Kier molecular flexibility index (Phi) is 3.57. The van der Waals surface area contributed by atoms with Gasteiger partial charge in [0.05, 0.1) is 0 Å². The lowest BCUT2D eigenvalue weighted by Gasteiger charge is -2.50. The van der Waals surface area contributed by atoms with Crippen molar-refractivity contribution in [2.75, 3.05) is 4.90 Å². The second kappa shape index (κ2) is 4.87. The summed E-state index contributed by atoms with van der Waals surface area (Å²) in [6.45, 7) is 8.45. The number of carbonyl (C=O) groups is 1. The number of benzene rings is 1. The third-order valence-electron chi connectivity index (χ3n) is 4.17. The molecule has 0 aromatic heterocycles. The number of hydrogen-bond donors (Lipinski definition) is 1. The first-order valence-electron chi connectivity index (χ1n) is 6.99. The Labute approximate surface area is 115 Å². The third-order valence-corrected chi connectivity index (χ3v) is 4.17. The molecule has 1 aliphatic rings. The smallest absolute Gasteiger partial charge is 0.326 e. The van der Waals surface area contributed by atoms with E-state index in [1.807, 2.05) is 19.1 Å². The normalized spacial score (nSPS) is 22.7. The first-order chi connectivity index (χ1) is 8.88. The van der Waals surface area contributed by atoms with Gasteiger partial charge in [-0.05, 0) is 44.2 Å². The Morgan fingerprint density at radius 3 is 2.68 bits per heavy atom. The Bertz CT molecular complexity index is 481. The van der Waals surface area contributed by atoms with Crippen LogP contribution >= 0.6 is 0 Å². The van der Waals surface area contributed by atoms with Crippen molar-refractivity contribution in [2.45, 2.75) is 58.0 Å². The molecule has 3 nitrogen and oxygen atoms in total. The molecule has 104 valence electrons. The minimum Gasteiger partial charge on any atom is -0.480 e. The average Bonchev–Trinajstić information content (AvgIpc) is 2.33. The Morgan fingerprint density at radius 2 is 2.11 bits per heavy atom. The molecule has 0 radical (unpaired) electrons. The van der Waals surface area contributed by atoms with Crippen LogP contribution in [0.25, 0.3) is 0 Å². The molecule has 0 amide bonds. The molecule has 0 fully saturated rings. The van der Waals surface area contributed by atoms with E-state index in [1.165, 1.54) is 5.56 Å². The van der Waals surface area contributed by atoms with E-state index in [1.54, 1.807) is 0 Å². The number of anilines is 1. The fourth-order valence-corrected chi connectivity index (χ4v) is 3.46. The summed E-state index contributed by atoms with van der Waals surface area (Å²) in [6, 6.07) is 7.75. The predicted octanol–water partition coefficient (Wildman–Crippen LogP) is 3.64. The van der Waals surface area contributed by atoms with Gasteiger partial charge in [-0.2, -0.15) is 0 Å². The maximum Gasteiger partial charge on any atom is 0.326 e. The Morgan fingerprint density at radius 1 is 1.47 bits per heavy atom. The van der Waals surface area contributed by atoms with Gasteiger partial charge in [0.2, 0.25) is 0 Å². The van der Waals surface area contributed by atoms with Gasteiger partial charge in [-0.3, -0.25) is 0 Å². The molecular formula is C16H23NO2. The van der Waals surface area contributed by atoms with Gasteiger partial charge in [-0.1, -0.05) is 32.0 Å². The highest BCUT2D eigenvalue weighted by Gasteiger charge is 2.41. The van der Waals surface area contributed by atoms with Crippen molar-refractivity contribution < 1.29 is 9.90 Å². The van der Waals surface area contributed by atoms with Crippen molar-refractivity contribution in [3.8, 4) is 0 Å². The molecule has 2 atom stereocenters. The van der Waals surface area contributed by atoms with Crippen LogP contribution in [0.5, 0.6) is 0 Å². The summed E-state index contributed by atoms with van der Waals surface area (Å²) >= 11 is 0. The lowest BCUT2D eigenvalue weighted by molar-refractivity contribution is -0.139. The fourth-order valence-electron chi connectivity index (χ4n) is 3.46. The highest BCUT2D eigenvalue weighted by atomic mass is 16.4. The SMILES string of the molecule is CCC(C(=O)O)N1c2ccccc2C(C)CC1(C)C. The molecule has 3 heteroatoms. The largest absolute Gasteiger partial charge is 0.480 e. The van der Waals surface area contributed by atoms with Crippen LogP contribution in [0.15, 0.2) is 24.3 Å². The van der Waals surface area contributed by atoms with Gasteiger partial charge in [0.15, 0.2) is 0 Å². The minimum atomic E-state index is -0.736. The van der Waals surface area contributed by atoms with E-state index in [9.17, 15) is 9.90 Å². The van der Waals surface area contributed by atoms with Gasteiger partial charge in [0.1, 0.15) is 6.04 Å². The van der Waals surface area contributed by atoms with E-state index in [4.69, 9.17) is 0 Å². The summed E-state index contributed by atoms with van der Waals surface area (Å²) in [5.41, 5.74) is 2.22. The lowest BCUT2D eigenvalue weighted by Crippen LogP contribution is -2.56. The van der Waals surface area contributed by atoms with Gasteiger partial charge < -0.3 is 10.0 Å². The minimum absolute atomic E-state index is 0.132. The molecule has 0 saturated carbocycles. The summed E-state index contributed by atoms with van der Waals surface area (Å²) in [5.74, 6) is -0.270. The van der Waals surface area contributed by atoms with Crippen molar-refractivity contribution in [1.82, 2.24) is 0 Å². The maximum absolute atomic E-state index is 11.6. The van der Waals surface area contributed by atoms with E-state index < -0.39 is 12.0 Å². The number of para-hydroxylation sites is 1.